The number of carbonyl (C=O) groups excluding carboxylic acids is 1. The van der Waals surface area contributed by atoms with Gasteiger partial charge in [0.2, 0.25) is 0 Å². The van der Waals surface area contributed by atoms with Crippen LogP contribution in [0.3, 0.4) is 0 Å². The Morgan fingerprint density at radius 2 is 1.81 bits per heavy atom. The highest BCUT2D eigenvalue weighted by atomic mass is 16.6. The van der Waals surface area contributed by atoms with Gasteiger partial charge in [0.15, 0.2) is 0 Å². The predicted molar refractivity (Wildman–Crippen MR) is 83.3 cm³/mol. The lowest BCUT2D eigenvalue weighted by Crippen LogP contribution is -2.33. The molecule has 0 aliphatic carbocycles. The Bertz CT molecular complexity index is 516. The Balaban J connectivity index is 2.76. The number of nitro groups is 1. The number of hydrogen-bond acceptors (Lipinski definition) is 3. The SMILES string of the molecule is Cc1cc(C(=O)NCC(C(C)C)C(C)C)ccc1[N+](=O)[O-]. The largest absolute Gasteiger partial charge is 0.352 e. The summed E-state index contributed by atoms with van der Waals surface area (Å²) in [6.45, 7) is 10.8. The molecule has 1 aromatic carbocycles. The summed E-state index contributed by atoms with van der Waals surface area (Å²) in [4.78, 5) is 22.5. The molecule has 0 spiro atoms. The molecule has 1 amide bonds. The number of rotatable bonds is 6. The topological polar surface area (TPSA) is 72.2 Å². The Kier molecular flexibility index (Phi) is 5.88. The lowest BCUT2D eigenvalue weighted by atomic mass is 9.85. The van der Waals surface area contributed by atoms with Gasteiger partial charge in [-0.25, -0.2) is 0 Å². The summed E-state index contributed by atoms with van der Waals surface area (Å²) in [5.74, 6) is 1.21. The maximum absolute atomic E-state index is 12.1. The third-order valence-corrected chi connectivity index (χ3v) is 3.87. The predicted octanol–water partition coefficient (Wildman–Crippen LogP) is 3.56. The van der Waals surface area contributed by atoms with Gasteiger partial charge in [-0.05, 0) is 36.8 Å². The fraction of sp³-hybridized carbons (Fsp3) is 0.562. The van der Waals surface area contributed by atoms with Crippen LogP contribution in [0.25, 0.3) is 0 Å². The lowest BCUT2D eigenvalue weighted by Gasteiger charge is -2.25. The van der Waals surface area contributed by atoms with E-state index in [9.17, 15) is 14.9 Å². The molecular formula is C16H24N2O3. The molecule has 0 aromatic heterocycles. The van der Waals surface area contributed by atoms with Crippen molar-refractivity contribution in [1.82, 2.24) is 5.32 Å². The normalized spacial score (nSPS) is 11.2. The molecule has 1 aromatic rings. The van der Waals surface area contributed by atoms with E-state index in [0.717, 1.165) is 0 Å². The third kappa shape index (κ3) is 4.55. The zero-order valence-electron chi connectivity index (χ0n) is 13.3. The summed E-state index contributed by atoms with van der Waals surface area (Å²) in [7, 11) is 0. The number of carbonyl (C=O) groups is 1. The second-order valence-electron chi connectivity index (χ2n) is 6.12. The monoisotopic (exact) mass is 292 g/mol. The first-order valence-electron chi connectivity index (χ1n) is 7.27. The van der Waals surface area contributed by atoms with Crippen LogP contribution >= 0.6 is 0 Å². The Morgan fingerprint density at radius 3 is 2.24 bits per heavy atom. The number of nitrogens with zero attached hydrogens (tertiary/aromatic N) is 1. The molecule has 0 saturated heterocycles. The summed E-state index contributed by atoms with van der Waals surface area (Å²) in [5, 5.41) is 13.7. The summed E-state index contributed by atoms with van der Waals surface area (Å²) in [6, 6.07) is 4.44. The Hall–Kier alpha value is -1.91. The van der Waals surface area contributed by atoms with Crippen LogP contribution < -0.4 is 5.32 Å². The maximum atomic E-state index is 12.1. The van der Waals surface area contributed by atoms with Crippen molar-refractivity contribution in [1.29, 1.82) is 0 Å². The molecule has 5 nitrogen and oxygen atoms in total. The molecule has 0 saturated carbocycles. The van der Waals surface area contributed by atoms with Gasteiger partial charge in [0.05, 0.1) is 4.92 Å². The van der Waals surface area contributed by atoms with Crippen molar-refractivity contribution in [2.75, 3.05) is 6.54 Å². The minimum Gasteiger partial charge on any atom is -0.352 e. The zero-order valence-corrected chi connectivity index (χ0v) is 13.3. The molecule has 0 bridgehead atoms. The van der Waals surface area contributed by atoms with Crippen molar-refractivity contribution in [3.8, 4) is 0 Å². The van der Waals surface area contributed by atoms with Gasteiger partial charge in [0.25, 0.3) is 11.6 Å². The second kappa shape index (κ2) is 7.20. The number of benzene rings is 1. The van der Waals surface area contributed by atoms with Crippen molar-refractivity contribution in [2.45, 2.75) is 34.6 Å². The van der Waals surface area contributed by atoms with Gasteiger partial charge in [0, 0.05) is 23.7 Å². The quantitative estimate of drug-likeness (QED) is 0.643. The molecule has 116 valence electrons. The first kappa shape index (κ1) is 17.1. The van der Waals surface area contributed by atoms with Crippen LogP contribution in [0, 0.1) is 34.8 Å². The van der Waals surface area contributed by atoms with E-state index in [4.69, 9.17) is 0 Å². The van der Waals surface area contributed by atoms with Gasteiger partial charge in [-0.15, -0.1) is 0 Å². The van der Waals surface area contributed by atoms with Crippen LogP contribution in [-0.4, -0.2) is 17.4 Å². The highest BCUT2D eigenvalue weighted by molar-refractivity contribution is 5.94. The fourth-order valence-electron chi connectivity index (χ4n) is 2.56. The average Bonchev–Trinajstić information content (AvgIpc) is 2.37. The first-order chi connectivity index (χ1) is 9.73. The lowest BCUT2D eigenvalue weighted by molar-refractivity contribution is -0.385. The molecule has 21 heavy (non-hydrogen) atoms. The van der Waals surface area contributed by atoms with Gasteiger partial charge in [0.1, 0.15) is 0 Å². The van der Waals surface area contributed by atoms with Crippen LogP contribution in [0.1, 0.15) is 43.6 Å². The molecule has 0 aliphatic rings. The molecule has 0 fully saturated rings. The maximum Gasteiger partial charge on any atom is 0.272 e. The molecule has 0 radical (unpaired) electrons. The number of aryl methyl sites for hydroxylation is 1. The van der Waals surface area contributed by atoms with Crippen molar-refractivity contribution >= 4 is 11.6 Å². The van der Waals surface area contributed by atoms with Crippen molar-refractivity contribution in [3.05, 3.63) is 39.4 Å². The van der Waals surface area contributed by atoms with E-state index in [1.165, 1.54) is 12.1 Å². The number of nitro benzene ring substituents is 1. The summed E-state index contributed by atoms with van der Waals surface area (Å²) in [6.07, 6.45) is 0. The molecule has 0 heterocycles. The summed E-state index contributed by atoms with van der Waals surface area (Å²) >= 11 is 0. The van der Waals surface area contributed by atoms with E-state index in [-0.39, 0.29) is 11.6 Å². The summed E-state index contributed by atoms with van der Waals surface area (Å²) < 4.78 is 0. The minimum absolute atomic E-state index is 0.0359. The summed E-state index contributed by atoms with van der Waals surface area (Å²) in [5.41, 5.74) is 0.995. The molecule has 1 rings (SSSR count). The average molecular weight is 292 g/mol. The highest BCUT2D eigenvalue weighted by Crippen LogP contribution is 2.21. The van der Waals surface area contributed by atoms with Gasteiger partial charge < -0.3 is 5.32 Å². The Morgan fingerprint density at radius 1 is 1.24 bits per heavy atom. The van der Waals surface area contributed by atoms with Crippen LogP contribution in [0.5, 0.6) is 0 Å². The van der Waals surface area contributed by atoms with Gasteiger partial charge in [-0.3, -0.25) is 14.9 Å². The minimum atomic E-state index is -0.440. The fourth-order valence-corrected chi connectivity index (χ4v) is 2.56. The molecule has 1 N–H and O–H groups in total. The second-order valence-corrected chi connectivity index (χ2v) is 6.12. The zero-order chi connectivity index (χ0) is 16.2. The van der Waals surface area contributed by atoms with Crippen LogP contribution in [-0.2, 0) is 0 Å². The van der Waals surface area contributed by atoms with E-state index in [0.29, 0.717) is 35.4 Å². The van der Waals surface area contributed by atoms with Gasteiger partial charge >= 0.3 is 0 Å². The van der Waals surface area contributed by atoms with Crippen LogP contribution in [0.2, 0.25) is 0 Å². The standard InChI is InChI=1S/C16H24N2O3/c1-10(2)14(11(3)4)9-17-16(19)13-6-7-15(18(20)21)12(5)8-13/h6-8,10-11,14H,9H2,1-5H3,(H,17,19). The van der Waals surface area contributed by atoms with Gasteiger partial charge in [-0.2, -0.15) is 0 Å². The van der Waals surface area contributed by atoms with E-state index in [2.05, 4.69) is 33.0 Å². The first-order valence-corrected chi connectivity index (χ1v) is 7.27. The van der Waals surface area contributed by atoms with Crippen molar-refractivity contribution in [3.63, 3.8) is 0 Å². The highest BCUT2D eigenvalue weighted by Gasteiger charge is 2.19. The van der Waals surface area contributed by atoms with Crippen molar-refractivity contribution in [2.24, 2.45) is 17.8 Å². The number of hydrogen-bond donors (Lipinski definition) is 1. The van der Waals surface area contributed by atoms with E-state index in [1.807, 2.05) is 0 Å². The van der Waals surface area contributed by atoms with E-state index >= 15 is 0 Å². The van der Waals surface area contributed by atoms with E-state index < -0.39 is 4.92 Å². The molecular weight excluding hydrogens is 268 g/mol. The van der Waals surface area contributed by atoms with Crippen molar-refractivity contribution < 1.29 is 9.72 Å². The number of amides is 1. The third-order valence-electron chi connectivity index (χ3n) is 3.87. The van der Waals surface area contributed by atoms with Crippen LogP contribution in [0.15, 0.2) is 18.2 Å². The Labute approximate surface area is 125 Å². The molecule has 0 atom stereocenters. The van der Waals surface area contributed by atoms with Gasteiger partial charge in [-0.1, -0.05) is 27.7 Å². The molecule has 5 heteroatoms. The molecule has 0 aliphatic heterocycles. The smallest absolute Gasteiger partial charge is 0.272 e. The molecule has 0 unspecified atom stereocenters. The van der Waals surface area contributed by atoms with Crippen LogP contribution in [0.4, 0.5) is 5.69 Å². The number of nitrogens with one attached hydrogen (secondary N) is 1. The van der Waals surface area contributed by atoms with E-state index in [1.54, 1.807) is 13.0 Å².